The molecule has 4 nitrogen and oxygen atoms in total. The van der Waals surface area contributed by atoms with Gasteiger partial charge in [-0.15, -0.1) is 11.8 Å². The van der Waals surface area contributed by atoms with Gasteiger partial charge in [-0.05, 0) is 32.0 Å². The van der Waals surface area contributed by atoms with Crippen LogP contribution in [0.2, 0.25) is 0 Å². The molecule has 1 aliphatic rings. The van der Waals surface area contributed by atoms with Gasteiger partial charge in [0.15, 0.2) is 0 Å². The van der Waals surface area contributed by atoms with Crippen molar-refractivity contribution in [3.8, 4) is 0 Å². The van der Waals surface area contributed by atoms with Gasteiger partial charge in [-0.25, -0.2) is 0 Å². The summed E-state index contributed by atoms with van der Waals surface area (Å²) in [7, 11) is 0. The van der Waals surface area contributed by atoms with Gasteiger partial charge in [-0.2, -0.15) is 0 Å². The number of carbonyl (C=O) groups is 1. The third-order valence-electron chi connectivity index (χ3n) is 2.81. The lowest BCUT2D eigenvalue weighted by Gasteiger charge is -2.21. The van der Waals surface area contributed by atoms with Crippen molar-refractivity contribution < 1.29 is 9.21 Å². The Kier molecular flexibility index (Phi) is 4.94. The Balaban J connectivity index is 1.60. The van der Waals surface area contributed by atoms with Crippen LogP contribution in [0.4, 0.5) is 0 Å². The maximum Gasteiger partial charge on any atom is 0.230 e. The van der Waals surface area contributed by atoms with E-state index in [9.17, 15) is 4.79 Å². The van der Waals surface area contributed by atoms with Crippen LogP contribution in [0.3, 0.4) is 0 Å². The first-order valence-electron chi connectivity index (χ1n) is 5.94. The maximum atomic E-state index is 11.6. The van der Waals surface area contributed by atoms with Crippen molar-refractivity contribution in [3.63, 3.8) is 0 Å². The second-order valence-corrected chi connectivity index (χ2v) is 5.46. The minimum Gasteiger partial charge on any atom is -0.472 e. The summed E-state index contributed by atoms with van der Waals surface area (Å²) in [5, 5.41) is 6.85. The molecule has 0 bridgehead atoms. The van der Waals surface area contributed by atoms with E-state index >= 15 is 0 Å². The predicted molar refractivity (Wildman–Crippen MR) is 68.9 cm³/mol. The third kappa shape index (κ3) is 4.44. The van der Waals surface area contributed by atoms with Crippen molar-refractivity contribution in [1.29, 1.82) is 0 Å². The first-order chi connectivity index (χ1) is 8.34. The predicted octanol–water partition coefficient (Wildman–Crippen LogP) is 1.38. The molecule has 0 unspecified atom stereocenters. The van der Waals surface area contributed by atoms with E-state index in [1.165, 1.54) is 12.8 Å². The first kappa shape index (κ1) is 12.5. The van der Waals surface area contributed by atoms with Gasteiger partial charge in [0.1, 0.15) is 0 Å². The molecule has 1 aliphatic heterocycles. The molecule has 0 spiro atoms. The minimum atomic E-state index is 0.106. The fourth-order valence-corrected chi connectivity index (χ4v) is 2.86. The highest BCUT2D eigenvalue weighted by atomic mass is 32.2. The standard InChI is InChI=1S/C12H18N2O2S/c15-12(14-7-10-3-6-16-8-10)9-17-11-1-4-13-5-2-11/h3,6,8,11,13H,1-2,4-5,7,9H2,(H,14,15). The summed E-state index contributed by atoms with van der Waals surface area (Å²) in [5.74, 6) is 0.664. The Hall–Kier alpha value is -0.940. The lowest BCUT2D eigenvalue weighted by atomic mass is 10.2. The number of nitrogens with one attached hydrogen (secondary N) is 2. The number of thioether (sulfide) groups is 1. The molecular weight excluding hydrogens is 236 g/mol. The van der Waals surface area contributed by atoms with E-state index in [4.69, 9.17) is 4.42 Å². The fourth-order valence-electron chi connectivity index (χ4n) is 1.80. The highest BCUT2D eigenvalue weighted by Crippen LogP contribution is 2.19. The summed E-state index contributed by atoms with van der Waals surface area (Å²) in [6.07, 6.45) is 5.60. The smallest absolute Gasteiger partial charge is 0.230 e. The van der Waals surface area contributed by atoms with Crippen molar-refractivity contribution in [2.24, 2.45) is 0 Å². The molecule has 0 aliphatic carbocycles. The fraction of sp³-hybridized carbons (Fsp3) is 0.583. The van der Waals surface area contributed by atoms with Gasteiger partial charge in [0.2, 0.25) is 5.91 Å². The first-order valence-corrected chi connectivity index (χ1v) is 6.99. The van der Waals surface area contributed by atoms with E-state index in [1.54, 1.807) is 24.3 Å². The molecule has 0 radical (unpaired) electrons. The Labute approximate surface area is 106 Å². The van der Waals surface area contributed by atoms with Crippen LogP contribution in [-0.4, -0.2) is 30.0 Å². The van der Waals surface area contributed by atoms with Crippen LogP contribution in [0.25, 0.3) is 0 Å². The number of rotatable bonds is 5. The number of piperidine rings is 1. The molecule has 2 heterocycles. The average molecular weight is 254 g/mol. The van der Waals surface area contributed by atoms with E-state index in [0.29, 0.717) is 17.5 Å². The van der Waals surface area contributed by atoms with E-state index in [0.717, 1.165) is 18.7 Å². The zero-order valence-corrected chi connectivity index (χ0v) is 10.6. The monoisotopic (exact) mass is 254 g/mol. The summed E-state index contributed by atoms with van der Waals surface area (Å²) in [5.41, 5.74) is 1.00. The van der Waals surface area contributed by atoms with Crippen molar-refractivity contribution in [2.75, 3.05) is 18.8 Å². The molecule has 1 aromatic rings. The molecular formula is C12H18N2O2S. The number of amides is 1. The molecule has 1 saturated heterocycles. The van der Waals surface area contributed by atoms with Crippen LogP contribution in [0.1, 0.15) is 18.4 Å². The van der Waals surface area contributed by atoms with Gasteiger partial charge in [0.25, 0.3) is 0 Å². The average Bonchev–Trinajstić information content (AvgIpc) is 2.88. The molecule has 17 heavy (non-hydrogen) atoms. The van der Waals surface area contributed by atoms with Crippen LogP contribution in [0, 0.1) is 0 Å². The van der Waals surface area contributed by atoms with Crippen molar-refractivity contribution >= 4 is 17.7 Å². The molecule has 5 heteroatoms. The largest absolute Gasteiger partial charge is 0.472 e. The lowest BCUT2D eigenvalue weighted by molar-refractivity contribution is -0.118. The van der Waals surface area contributed by atoms with Gasteiger partial charge in [0.05, 0.1) is 18.3 Å². The number of hydrogen-bond acceptors (Lipinski definition) is 4. The Morgan fingerprint density at radius 2 is 2.35 bits per heavy atom. The highest BCUT2D eigenvalue weighted by Gasteiger charge is 2.14. The number of carbonyl (C=O) groups excluding carboxylic acids is 1. The van der Waals surface area contributed by atoms with Gasteiger partial charge in [-0.3, -0.25) is 4.79 Å². The van der Waals surface area contributed by atoms with Crippen LogP contribution in [0.5, 0.6) is 0 Å². The summed E-state index contributed by atoms with van der Waals surface area (Å²) in [6.45, 7) is 2.71. The van der Waals surface area contributed by atoms with Crippen LogP contribution in [0.15, 0.2) is 23.0 Å². The van der Waals surface area contributed by atoms with Crippen LogP contribution >= 0.6 is 11.8 Å². The molecule has 0 saturated carbocycles. The number of hydrogen-bond donors (Lipinski definition) is 2. The van der Waals surface area contributed by atoms with Gasteiger partial charge < -0.3 is 15.1 Å². The van der Waals surface area contributed by atoms with Crippen molar-refractivity contribution in [1.82, 2.24) is 10.6 Å². The Morgan fingerprint density at radius 3 is 3.06 bits per heavy atom. The van der Waals surface area contributed by atoms with Crippen LogP contribution < -0.4 is 10.6 Å². The molecule has 2 rings (SSSR count). The second-order valence-electron chi connectivity index (χ2n) is 4.17. The summed E-state index contributed by atoms with van der Waals surface area (Å²) < 4.78 is 4.94. The normalized spacial score (nSPS) is 16.9. The second kappa shape index (κ2) is 6.71. The molecule has 94 valence electrons. The van der Waals surface area contributed by atoms with E-state index in [1.807, 2.05) is 6.07 Å². The lowest BCUT2D eigenvalue weighted by Crippen LogP contribution is -2.31. The van der Waals surface area contributed by atoms with Gasteiger partial charge >= 0.3 is 0 Å². The third-order valence-corrected chi connectivity index (χ3v) is 4.18. The summed E-state index contributed by atoms with van der Waals surface area (Å²) in [4.78, 5) is 11.6. The SMILES string of the molecule is O=C(CSC1CCNCC1)NCc1ccoc1. The van der Waals surface area contributed by atoms with E-state index in [2.05, 4.69) is 10.6 Å². The van der Waals surface area contributed by atoms with Crippen molar-refractivity contribution in [2.45, 2.75) is 24.6 Å². The minimum absolute atomic E-state index is 0.106. The van der Waals surface area contributed by atoms with Crippen molar-refractivity contribution in [3.05, 3.63) is 24.2 Å². The van der Waals surface area contributed by atoms with E-state index in [-0.39, 0.29) is 5.91 Å². The summed E-state index contributed by atoms with van der Waals surface area (Å²) >= 11 is 1.77. The van der Waals surface area contributed by atoms with E-state index < -0.39 is 0 Å². The Bertz CT molecular complexity index is 334. The molecule has 1 aromatic heterocycles. The zero-order chi connectivity index (χ0) is 11.9. The highest BCUT2D eigenvalue weighted by molar-refractivity contribution is 8.00. The zero-order valence-electron chi connectivity index (χ0n) is 9.78. The van der Waals surface area contributed by atoms with Gasteiger partial charge in [-0.1, -0.05) is 0 Å². The molecule has 1 amide bonds. The van der Waals surface area contributed by atoms with Crippen LogP contribution in [-0.2, 0) is 11.3 Å². The van der Waals surface area contributed by atoms with Gasteiger partial charge in [0, 0.05) is 17.4 Å². The number of furan rings is 1. The molecule has 2 N–H and O–H groups in total. The Morgan fingerprint density at radius 1 is 1.53 bits per heavy atom. The summed E-state index contributed by atoms with van der Waals surface area (Å²) in [6, 6.07) is 1.86. The topological polar surface area (TPSA) is 54.3 Å². The molecule has 0 aromatic carbocycles. The quantitative estimate of drug-likeness (QED) is 0.833. The maximum absolute atomic E-state index is 11.6. The molecule has 0 atom stereocenters. The molecule has 1 fully saturated rings.